The zero-order chi connectivity index (χ0) is 16.1. The van der Waals surface area contributed by atoms with Gasteiger partial charge >= 0.3 is 0 Å². The summed E-state index contributed by atoms with van der Waals surface area (Å²) >= 11 is 0. The number of amides is 1. The normalized spacial score (nSPS) is 15.5. The number of aromatic nitrogens is 1. The van der Waals surface area contributed by atoms with E-state index in [0.29, 0.717) is 24.6 Å². The van der Waals surface area contributed by atoms with Gasteiger partial charge in [0.15, 0.2) is 0 Å². The zero-order valence-corrected chi connectivity index (χ0v) is 13.4. The molecule has 0 aliphatic heterocycles. The van der Waals surface area contributed by atoms with Gasteiger partial charge in [-0.3, -0.25) is 4.79 Å². The van der Waals surface area contributed by atoms with Crippen LogP contribution in [0.5, 0.6) is 5.88 Å². The number of rotatable bonds is 6. The molecule has 1 aromatic heterocycles. The van der Waals surface area contributed by atoms with Crippen LogP contribution < -0.4 is 10.1 Å². The lowest BCUT2D eigenvalue weighted by molar-refractivity contribution is 0.0923. The summed E-state index contributed by atoms with van der Waals surface area (Å²) in [6.07, 6.45) is 5.08. The van der Waals surface area contributed by atoms with Crippen molar-refractivity contribution in [2.45, 2.75) is 31.6 Å². The lowest BCUT2D eigenvalue weighted by atomic mass is 9.64. The third-order valence-electron chi connectivity index (χ3n) is 4.58. The average molecular weight is 310 g/mol. The number of ether oxygens (including phenoxy) is 1. The van der Waals surface area contributed by atoms with Crippen LogP contribution >= 0.6 is 0 Å². The predicted octanol–water partition coefficient (Wildman–Crippen LogP) is 3.33. The van der Waals surface area contributed by atoms with Crippen molar-refractivity contribution in [3.8, 4) is 5.88 Å². The van der Waals surface area contributed by atoms with Crippen molar-refractivity contribution in [3.63, 3.8) is 0 Å². The highest BCUT2D eigenvalue weighted by Crippen LogP contribution is 2.43. The zero-order valence-electron chi connectivity index (χ0n) is 13.4. The molecule has 0 atom stereocenters. The summed E-state index contributed by atoms with van der Waals surface area (Å²) in [6.45, 7) is 3.02. The van der Waals surface area contributed by atoms with Crippen LogP contribution in [0.3, 0.4) is 0 Å². The van der Waals surface area contributed by atoms with E-state index < -0.39 is 0 Å². The number of benzene rings is 1. The first kappa shape index (κ1) is 15.5. The topological polar surface area (TPSA) is 51.2 Å². The minimum Gasteiger partial charge on any atom is -0.477 e. The molecule has 1 aliphatic rings. The molecular weight excluding hydrogens is 288 g/mol. The Hall–Kier alpha value is -2.36. The SMILES string of the molecule is CCOc1ncccc1C(=O)NCC1(c2ccccc2)CCC1. The molecule has 2 aromatic rings. The van der Waals surface area contributed by atoms with Crippen LogP contribution in [0.25, 0.3) is 0 Å². The highest BCUT2D eigenvalue weighted by atomic mass is 16.5. The minimum absolute atomic E-state index is 0.0743. The van der Waals surface area contributed by atoms with Crippen LogP contribution in [0.2, 0.25) is 0 Å². The van der Waals surface area contributed by atoms with Crippen molar-refractivity contribution in [1.82, 2.24) is 10.3 Å². The van der Waals surface area contributed by atoms with E-state index in [4.69, 9.17) is 4.74 Å². The summed E-state index contributed by atoms with van der Waals surface area (Å²) in [5.41, 5.74) is 1.88. The molecule has 0 saturated heterocycles. The van der Waals surface area contributed by atoms with E-state index >= 15 is 0 Å². The monoisotopic (exact) mass is 310 g/mol. The number of hydrogen-bond donors (Lipinski definition) is 1. The van der Waals surface area contributed by atoms with E-state index in [2.05, 4.69) is 34.6 Å². The molecule has 4 nitrogen and oxygen atoms in total. The fourth-order valence-corrected chi connectivity index (χ4v) is 3.12. The Morgan fingerprint density at radius 3 is 2.65 bits per heavy atom. The second-order valence-electron chi connectivity index (χ2n) is 5.97. The first-order chi connectivity index (χ1) is 11.2. The van der Waals surface area contributed by atoms with Crippen LogP contribution in [0.1, 0.15) is 42.1 Å². The maximum absolute atomic E-state index is 12.5. The van der Waals surface area contributed by atoms with Gasteiger partial charge in [0, 0.05) is 18.2 Å². The maximum Gasteiger partial charge on any atom is 0.256 e. The van der Waals surface area contributed by atoms with E-state index in [0.717, 1.165) is 12.8 Å². The molecule has 120 valence electrons. The summed E-state index contributed by atoms with van der Waals surface area (Å²) in [5, 5.41) is 3.08. The standard InChI is InChI=1S/C19H22N2O2/c1-2-23-18-16(10-6-13-20-18)17(22)21-14-19(11-7-12-19)15-8-4-3-5-9-15/h3-6,8-10,13H,2,7,11-12,14H2,1H3,(H,21,22). The minimum atomic E-state index is -0.122. The fourth-order valence-electron chi connectivity index (χ4n) is 3.12. The Morgan fingerprint density at radius 1 is 1.22 bits per heavy atom. The first-order valence-corrected chi connectivity index (χ1v) is 8.17. The number of nitrogens with zero attached hydrogens (tertiary/aromatic N) is 1. The summed E-state index contributed by atoms with van der Waals surface area (Å²) in [6, 6.07) is 14.0. The summed E-state index contributed by atoms with van der Waals surface area (Å²) in [5.74, 6) is 0.277. The molecule has 1 aromatic carbocycles. The van der Waals surface area contributed by atoms with Gasteiger partial charge in [0.1, 0.15) is 5.56 Å². The molecule has 23 heavy (non-hydrogen) atoms. The van der Waals surface area contributed by atoms with Gasteiger partial charge in [0.2, 0.25) is 5.88 Å². The Labute approximate surface area is 136 Å². The summed E-state index contributed by atoms with van der Waals surface area (Å²) in [7, 11) is 0. The van der Waals surface area contributed by atoms with Crippen LogP contribution in [0, 0.1) is 0 Å². The Morgan fingerprint density at radius 2 is 2.00 bits per heavy atom. The van der Waals surface area contributed by atoms with Gasteiger partial charge in [-0.15, -0.1) is 0 Å². The van der Waals surface area contributed by atoms with Gasteiger partial charge in [0.25, 0.3) is 5.91 Å². The van der Waals surface area contributed by atoms with Crippen molar-refractivity contribution in [3.05, 3.63) is 59.8 Å². The second kappa shape index (κ2) is 6.82. The molecule has 1 heterocycles. The quantitative estimate of drug-likeness (QED) is 0.890. The molecule has 1 saturated carbocycles. The molecule has 1 fully saturated rings. The first-order valence-electron chi connectivity index (χ1n) is 8.17. The van der Waals surface area contributed by atoms with E-state index in [-0.39, 0.29) is 11.3 Å². The van der Waals surface area contributed by atoms with Crippen LogP contribution in [-0.2, 0) is 5.41 Å². The highest BCUT2D eigenvalue weighted by Gasteiger charge is 2.38. The van der Waals surface area contributed by atoms with E-state index in [9.17, 15) is 4.79 Å². The smallest absolute Gasteiger partial charge is 0.256 e. The van der Waals surface area contributed by atoms with E-state index in [1.807, 2.05) is 13.0 Å². The van der Waals surface area contributed by atoms with Crippen LogP contribution in [-0.4, -0.2) is 24.0 Å². The highest BCUT2D eigenvalue weighted by molar-refractivity contribution is 5.96. The maximum atomic E-state index is 12.5. The van der Waals surface area contributed by atoms with Gasteiger partial charge in [0.05, 0.1) is 6.61 Å². The molecule has 0 radical (unpaired) electrons. The third-order valence-corrected chi connectivity index (χ3v) is 4.58. The number of pyridine rings is 1. The van der Waals surface area contributed by atoms with Gasteiger partial charge < -0.3 is 10.1 Å². The number of hydrogen-bond acceptors (Lipinski definition) is 3. The lowest BCUT2D eigenvalue weighted by Crippen LogP contribution is -2.45. The van der Waals surface area contributed by atoms with Gasteiger partial charge in [-0.05, 0) is 37.5 Å². The van der Waals surface area contributed by atoms with E-state index in [1.54, 1.807) is 18.3 Å². The second-order valence-corrected chi connectivity index (χ2v) is 5.97. The van der Waals surface area contributed by atoms with Crippen molar-refractivity contribution in [2.75, 3.05) is 13.2 Å². The average Bonchev–Trinajstić information content (AvgIpc) is 2.55. The summed E-state index contributed by atoms with van der Waals surface area (Å²) < 4.78 is 5.44. The Balaban J connectivity index is 1.71. The molecule has 1 amide bonds. The molecule has 4 heteroatoms. The largest absolute Gasteiger partial charge is 0.477 e. The molecule has 3 rings (SSSR count). The molecule has 0 unspecified atom stereocenters. The van der Waals surface area contributed by atoms with Crippen molar-refractivity contribution in [1.29, 1.82) is 0 Å². The molecule has 1 N–H and O–H groups in total. The lowest BCUT2D eigenvalue weighted by Gasteiger charge is -2.42. The van der Waals surface area contributed by atoms with Gasteiger partial charge in [-0.25, -0.2) is 4.98 Å². The number of nitrogens with one attached hydrogen (secondary N) is 1. The summed E-state index contributed by atoms with van der Waals surface area (Å²) in [4.78, 5) is 16.7. The van der Waals surface area contributed by atoms with Gasteiger partial charge in [-0.2, -0.15) is 0 Å². The van der Waals surface area contributed by atoms with Crippen LogP contribution in [0.4, 0.5) is 0 Å². The molecule has 0 bridgehead atoms. The number of carbonyl (C=O) groups is 1. The Bertz CT molecular complexity index is 666. The van der Waals surface area contributed by atoms with Crippen molar-refractivity contribution < 1.29 is 9.53 Å². The molecule has 1 aliphatic carbocycles. The third kappa shape index (κ3) is 3.21. The Kier molecular flexibility index (Phi) is 4.60. The van der Waals surface area contributed by atoms with Gasteiger partial charge in [-0.1, -0.05) is 36.8 Å². The van der Waals surface area contributed by atoms with Crippen molar-refractivity contribution >= 4 is 5.91 Å². The predicted molar refractivity (Wildman–Crippen MR) is 89.7 cm³/mol. The van der Waals surface area contributed by atoms with E-state index in [1.165, 1.54) is 12.0 Å². The molecule has 0 spiro atoms. The number of carbonyl (C=O) groups excluding carboxylic acids is 1. The van der Waals surface area contributed by atoms with Crippen LogP contribution in [0.15, 0.2) is 48.7 Å². The molecular formula is C19H22N2O2. The fraction of sp³-hybridized carbons (Fsp3) is 0.368. The van der Waals surface area contributed by atoms with Crippen molar-refractivity contribution in [2.24, 2.45) is 0 Å².